The Morgan fingerprint density at radius 2 is 2.11 bits per heavy atom. The summed E-state index contributed by atoms with van der Waals surface area (Å²) < 4.78 is 7.34. The molecule has 1 aromatic heterocycles. The van der Waals surface area contributed by atoms with Crippen LogP contribution in [0, 0.1) is 5.41 Å². The first-order valence-corrected chi connectivity index (χ1v) is 9.85. The lowest BCUT2D eigenvalue weighted by Gasteiger charge is -2.50. The van der Waals surface area contributed by atoms with Gasteiger partial charge in [0.15, 0.2) is 0 Å². The molecule has 2 aromatic rings. The maximum Gasteiger partial charge on any atom is 0.144 e. The van der Waals surface area contributed by atoms with Crippen LogP contribution < -0.4 is 4.74 Å². The minimum atomic E-state index is -0.187. The lowest BCUT2D eigenvalue weighted by atomic mass is 9.71. The van der Waals surface area contributed by atoms with E-state index in [1.54, 1.807) is 7.11 Å². The second-order valence-corrected chi connectivity index (χ2v) is 8.18. The van der Waals surface area contributed by atoms with E-state index in [1.807, 2.05) is 35.1 Å². The summed E-state index contributed by atoms with van der Waals surface area (Å²) in [6.45, 7) is 4.89. The average Bonchev–Trinajstić information content (AvgIpc) is 3.13. The van der Waals surface area contributed by atoms with Crippen molar-refractivity contribution in [2.45, 2.75) is 31.9 Å². The lowest BCUT2D eigenvalue weighted by molar-refractivity contribution is -0.0807. The van der Waals surface area contributed by atoms with Crippen molar-refractivity contribution >= 4 is 0 Å². The van der Waals surface area contributed by atoms with Crippen molar-refractivity contribution in [3.05, 3.63) is 42.2 Å². The normalized spacial score (nSPS) is 27.1. The Morgan fingerprint density at radius 1 is 1.26 bits per heavy atom. The molecular formula is C21H30N4O2. The van der Waals surface area contributed by atoms with Crippen LogP contribution in [-0.4, -0.2) is 71.1 Å². The van der Waals surface area contributed by atoms with Crippen LogP contribution in [0.2, 0.25) is 0 Å². The Bertz CT molecular complexity index is 777. The molecular weight excluding hydrogens is 340 g/mol. The van der Waals surface area contributed by atoms with Gasteiger partial charge in [0.05, 0.1) is 19.4 Å². The van der Waals surface area contributed by atoms with Gasteiger partial charge < -0.3 is 14.7 Å². The van der Waals surface area contributed by atoms with Gasteiger partial charge in [0.1, 0.15) is 11.4 Å². The van der Waals surface area contributed by atoms with Crippen molar-refractivity contribution in [3.63, 3.8) is 0 Å². The molecule has 146 valence electrons. The highest BCUT2D eigenvalue weighted by molar-refractivity contribution is 5.46. The number of aromatic nitrogens is 2. The van der Waals surface area contributed by atoms with Gasteiger partial charge in [0, 0.05) is 43.4 Å². The summed E-state index contributed by atoms with van der Waals surface area (Å²) >= 11 is 0. The average molecular weight is 370 g/mol. The summed E-state index contributed by atoms with van der Waals surface area (Å²) in [7, 11) is 3.85. The van der Waals surface area contributed by atoms with E-state index in [4.69, 9.17) is 4.74 Å². The van der Waals surface area contributed by atoms with Crippen molar-refractivity contribution in [1.82, 2.24) is 19.6 Å². The number of para-hydroxylation sites is 2. The molecule has 2 aliphatic rings. The predicted molar refractivity (Wildman–Crippen MR) is 105 cm³/mol. The molecule has 0 bridgehead atoms. The quantitative estimate of drug-likeness (QED) is 0.894. The van der Waals surface area contributed by atoms with Crippen molar-refractivity contribution in [1.29, 1.82) is 0 Å². The topological polar surface area (TPSA) is 53.8 Å². The number of methoxy groups -OCH3 is 1. The monoisotopic (exact) mass is 370 g/mol. The molecule has 27 heavy (non-hydrogen) atoms. The van der Waals surface area contributed by atoms with Gasteiger partial charge in [-0.15, -0.1) is 0 Å². The third-order valence-electron chi connectivity index (χ3n) is 6.14. The van der Waals surface area contributed by atoms with Gasteiger partial charge in [-0.25, -0.2) is 4.68 Å². The van der Waals surface area contributed by atoms with E-state index in [2.05, 4.69) is 28.1 Å². The summed E-state index contributed by atoms with van der Waals surface area (Å²) in [6.07, 6.45) is 6.99. The van der Waals surface area contributed by atoms with E-state index in [0.29, 0.717) is 0 Å². The van der Waals surface area contributed by atoms with E-state index in [9.17, 15) is 5.11 Å². The van der Waals surface area contributed by atoms with E-state index >= 15 is 0 Å². The van der Waals surface area contributed by atoms with Crippen LogP contribution in [0.4, 0.5) is 0 Å². The smallest absolute Gasteiger partial charge is 0.144 e. The Morgan fingerprint density at radius 3 is 2.96 bits per heavy atom. The van der Waals surface area contributed by atoms with Crippen LogP contribution >= 0.6 is 0 Å². The Kier molecular flexibility index (Phi) is 5.21. The fourth-order valence-electron chi connectivity index (χ4n) is 4.82. The Hall–Kier alpha value is -1.89. The molecule has 2 aliphatic heterocycles. The highest BCUT2D eigenvalue weighted by atomic mass is 16.5. The second kappa shape index (κ2) is 7.62. The zero-order valence-electron chi connectivity index (χ0n) is 16.3. The third kappa shape index (κ3) is 3.74. The molecule has 1 aromatic carbocycles. The molecule has 1 N–H and O–H groups in total. The lowest BCUT2D eigenvalue weighted by Crippen LogP contribution is -2.58. The molecule has 0 unspecified atom stereocenters. The van der Waals surface area contributed by atoms with Crippen molar-refractivity contribution < 1.29 is 9.84 Å². The highest BCUT2D eigenvalue weighted by Gasteiger charge is 2.44. The minimum Gasteiger partial charge on any atom is -0.494 e. The van der Waals surface area contributed by atoms with Crippen molar-refractivity contribution in [2.24, 2.45) is 5.41 Å². The van der Waals surface area contributed by atoms with Crippen LogP contribution in [-0.2, 0) is 6.54 Å². The molecule has 0 radical (unpaired) electrons. The fourth-order valence-corrected chi connectivity index (χ4v) is 4.82. The van der Waals surface area contributed by atoms with E-state index in [-0.39, 0.29) is 11.5 Å². The first kappa shape index (κ1) is 18.5. The number of hydrogen-bond acceptors (Lipinski definition) is 5. The number of nitrogens with zero attached hydrogens (tertiary/aromatic N) is 4. The van der Waals surface area contributed by atoms with Crippen molar-refractivity contribution in [3.8, 4) is 11.4 Å². The Balaban J connectivity index is 1.47. The number of aliphatic hydroxyl groups is 1. The number of ether oxygens (including phenoxy) is 1. The molecule has 1 spiro atoms. The predicted octanol–water partition coefficient (Wildman–Crippen LogP) is 2.16. The van der Waals surface area contributed by atoms with Crippen LogP contribution in [0.25, 0.3) is 5.69 Å². The summed E-state index contributed by atoms with van der Waals surface area (Å²) in [5.74, 6) is 0.817. The standard InChI is InChI=1S/C21H30N4O2/c1-23-11-8-20(26)21(15-23)9-5-10-24(16-21)13-17-12-22-25(14-17)18-6-3-4-7-19(18)27-2/h3-4,6-7,12,14,20,26H,5,8-11,13,15-16H2,1-2H3/t20-,21-/m0/s1. The van der Waals surface area contributed by atoms with Gasteiger partial charge in [-0.3, -0.25) is 4.90 Å². The zero-order chi connectivity index (χ0) is 18.9. The second-order valence-electron chi connectivity index (χ2n) is 8.18. The molecule has 6 nitrogen and oxygen atoms in total. The molecule has 2 atom stereocenters. The van der Waals surface area contributed by atoms with Crippen LogP contribution in [0.1, 0.15) is 24.8 Å². The van der Waals surface area contributed by atoms with E-state index < -0.39 is 0 Å². The summed E-state index contributed by atoms with van der Waals surface area (Å²) in [4.78, 5) is 4.85. The van der Waals surface area contributed by atoms with E-state index in [1.165, 1.54) is 5.56 Å². The maximum atomic E-state index is 10.7. The summed E-state index contributed by atoms with van der Waals surface area (Å²) in [6, 6.07) is 7.92. The number of benzene rings is 1. The van der Waals surface area contributed by atoms with Crippen LogP contribution in [0.5, 0.6) is 5.75 Å². The molecule has 2 saturated heterocycles. The zero-order valence-corrected chi connectivity index (χ0v) is 16.3. The molecule has 4 rings (SSSR count). The molecule has 0 saturated carbocycles. The van der Waals surface area contributed by atoms with E-state index in [0.717, 1.165) is 63.4 Å². The number of aliphatic hydroxyl groups excluding tert-OH is 1. The van der Waals surface area contributed by atoms with Crippen molar-refractivity contribution in [2.75, 3.05) is 40.3 Å². The molecule has 0 aliphatic carbocycles. The largest absolute Gasteiger partial charge is 0.494 e. The van der Waals surface area contributed by atoms with Gasteiger partial charge >= 0.3 is 0 Å². The molecule has 2 fully saturated rings. The SMILES string of the molecule is COc1ccccc1-n1cc(CN2CCC[C@]3(CN(C)CC[C@@H]3O)C2)cn1. The number of piperidine rings is 2. The summed E-state index contributed by atoms with van der Waals surface area (Å²) in [5.41, 5.74) is 2.16. The maximum absolute atomic E-state index is 10.7. The molecule has 0 amide bonds. The number of hydrogen-bond donors (Lipinski definition) is 1. The molecule has 3 heterocycles. The molecule has 6 heteroatoms. The van der Waals surface area contributed by atoms with Gasteiger partial charge in [0.25, 0.3) is 0 Å². The van der Waals surface area contributed by atoms with Gasteiger partial charge in [-0.05, 0) is 45.0 Å². The number of likely N-dealkylation sites (tertiary alicyclic amines) is 2. The third-order valence-corrected chi connectivity index (χ3v) is 6.14. The van der Waals surface area contributed by atoms with Gasteiger partial charge in [0.2, 0.25) is 0 Å². The fraction of sp³-hybridized carbons (Fsp3) is 0.571. The Labute approximate surface area is 161 Å². The van der Waals surface area contributed by atoms with Gasteiger partial charge in [-0.2, -0.15) is 5.10 Å². The highest BCUT2D eigenvalue weighted by Crippen LogP contribution is 2.38. The van der Waals surface area contributed by atoms with Crippen LogP contribution in [0.15, 0.2) is 36.7 Å². The summed E-state index contributed by atoms with van der Waals surface area (Å²) in [5, 5.41) is 15.3. The first-order valence-electron chi connectivity index (χ1n) is 9.85. The first-order chi connectivity index (χ1) is 13.1. The number of rotatable bonds is 4. The minimum absolute atomic E-state index is 0.0178. The van der Waals surface area contributed by atoms with Gasteiger partial charge in [-0.1, -0.05) is 12.1 Å². The van der Waals surface area contributed by atoms with Crippen LogP contribution in [0.3, 0.4) is 0 Å².